The summed E-state index contributed by atoms with van der Waals surface area (Å²) < 4.78 is 5.22. The van der Waals surface area contributed by atoms with Gasteiger partial charge in [-0.15, -0.1) is 0 Å². The molecule has 23 heavy (non-hydrogen) atoms. The van der Waals surface area contributed by atoms with E-state index in [0.29, 0.717) is 25.9 Å². The number of nitrogens with zero attached hydrogens (tertiary/aromatic N) is 2. The Balaban J connectivity index is 1.87. The molecular formula is C17H23N3O3. The summed E-state index contributed by atoms with van der Waals surface area (Å²) in [6.45, 7) is 4.31. The minimum absolute atomic E-state index is 0.0614. The number of hydrogen-bond acceptors (Lipinski definition) is 4. The molecule has 1 spiro atoms. The van der Waals surface area contributed by atoms with Gasteiger partial charge in [-0.25, -0.2) is 4.79 Å². The Morgan fingerprint density at radius 1 is 1.26 bits per heavy atom. The summed E-state index contributed by atoms with van der Waals surface area (Å²) in [6, 6.07) is 7.32. The molecule has 0 aromatic heterocycles. The largest absolute Gasteiger partial charge is 0.497 e. The Kier molecular flexibility index (Phi) is 4.26. The van der Waals surface area contributed by atoms with Crippen LogP contribution in [0.25, 0.3) is 0 Å². The van der Waals surface area contributed by atoms with E-state index in [-0.39, 0.29) is 11.9 Å². The molecule has 3 amide bonds. The van der Waals surface area contributed by atoms with Crippen molar-refractivity contribution in [2.45, 2.75) is 31.8 Å². The van der Waals surface area contributed by atoms with E-state index in [4.69, 9.17) is 4.74 Å². The zero-order chi connectivity index (χ0) is 16.4. The fourth-order valence-electron chi connectivity index (χ4n) is 3.64. The Morgan fingerprint density at radius 2 is 2.00 bits per heavy atom. The molecule has 2 saturated heterocycles. The minimum atomic E-state index is -0.657. The van der Waals surface area contributed by atoms with E-state index in [1.165, 1.54) is 4.90 Å². The first kappa shape index (κ1) is 15.8. The highest BCUT2D eigenvalue weighted by atomic mass is 16.5. The highest BCUT2D eigenvalue weighted by Gasteiger charge is 2.56. The minimum Gasteiger partial charge on any atom is -0.497 e. The zero-order valence-corrected chi connectivity index (χ0v) is 13.7. The van der Waals surface area contributed by atoms with Crippen molar-refractivity contribution in [3.05, 3.63) is 29.8 Å². The third-order valence-electron chi connectivity index (χ3n) is 4.84. The van der Waals surface area contributed by atoms with Gasteiger partial charge in [0.1, 0.15) is 11.3 Å². The lowest BCUT2D eigenvalue weighted by atomic mass is 9.86. The predicted octanol–water partition coefficient (Wildman–Crippen LogP) is 1.60. The van der Waals surface area contributed by atoms with Gasteiger partial charge in [-0.05, 0) is 50.6 Å². The Bertz CT molecular complexity index is 611. The Morgan fingerprint density at radius 3 is 2.65 bits per heavy atom. The molecule has 0 unspecified atom stereocenters. The molecule has 0 radical (unpaired) electrons. The summed E-state index contributed by atoms with van der Waals surface area (Å²) >= 11 is 0. The average Bonchev–Trinajstić information content (AvgIpc) is 2.77. The van der Waals surface area contributed by atoms with Gasteiger partial charge in [0.25, 0.3) is 5.91 Å². The van der Waals surface area contributed by atoms with Gasteiger partial charge in [0.2, 0.25) is 0 Å². The maximum atomic E-state index is 13.0. The number of urea groups is 1. The van der Waals surface area contributed by atoms with Crippen LogP contribution in [0.5, 0.6) is 5.75 Å². The number of amides is 3. The first-order valence-corrected chi connectivity index (χ1v) is 8.09. The number of piperidine rings is 1. The van der Waals surface area contributed by atoms with Crippen LogP contribution in [-0.4, -0.2) is 54.0 Å². The summed E-state index contributed by atoms with van der Waals surface area (Å²) in [5.41, 5.74) is 0.240. The van der Waals surface area contributed by atoms with Crippen LogP contribution >= 0.6 is 0 Å². The fourth-order valence-corrected chi connectivity index (χ4v) is 3.64. The number of nitrogens with one attached hydrogen (secondary N) is 1. The highest BCUT2D eigenvalue weighted by Crippen LogP contribution is 2.36. The second-order valence-corrected chi connectivity index (χ2v) is 6.05. The van der Waals surface area contributed by atoms with Crippen molar-refractivity contribution in [3.63, 3.8) is 0 Å². The van der Waals surface area contributed by atoms with Crippen molar-refractivity contribution >= 4 is 11.9 Å². The molecule has 1 aromatic rings. The number of benzene rings is 1. The number of methoxy groups -OCH3 is 1. The number of carbonyl (C=O) groups is 2. The van der Waals surface area contributed by atoms with Crippen LogP contribution in [0.2, 0.25) is 0 Å². The summed E-state index contributed by atoms with van der Waals surface area (Å²) in [4.78, 5) is 28.9. The van der Waals surface area contributed by atoms with Crippen molar-refractivity contribution in [2.24, 2.45) is 0 Å². The molecular weight excluding hydrogens is 294 g/mol. The quantitative estimate of drug-likeness (QED) is 0.857. The molecule has 0 bridgehead atoms. The lowest BCUT2D eigenvalue weighted by molar-refractivity contribution is -0.134. The van der Waals surface area contributed by atoms with Crippen LogP contribution in [0.3, 0.4) is 0 Å². The Hall–Kier alpha value is -2.08. The monoisotopic (exact) mass is 317 g/mol. The van der Waals surface area contributed by atoms with Crippen molar-refractivity contribution in [1.82, 2.24) is 15.1 Å². The standard InChI is InChI=1S/C17H23N3O3/c1-3-20-16(22)19(12-13-5-4-6-14(11-13)23-2)15(21)17(20)7-9-18-10-8-17/h4-6,11,18H,3,7-10,12H2,1-2H3. The fraction of sp³-hybridized carbons (Fsp3) is 0.529. The number of ether oxygens (including phenoxy) is 1. The molecule has 0 aliphatic carbocycles. The van der Waals surface area contributed by atoms with Crippen LogP contribution < -0.4 is 10.1 Å². The summed E-state index contributed by atoms with van der Waals surface area (Å²) in [5, 5.41) is 3.27. The van der Waals surface area contributed by atoms with Crippen LogP contribution in [-0.2, 0) is 11.3 Å². The molecule has 0 atom stereocenters. The number of likely N-dealkylation sites (N-methyl/N-ethyl adjacent to an activating group) is 1. The summed E-state index contributed by atoms with van der Waals surface area (Å²) in [7, 11) is 1.61. The van der Waals surface area contributed by atoms with E-state index in [0.717, 1.165) is 24.4 Å². The second kappa shape index (κ2) is 6.20. The molecule has 2 aliphatic heterocycles. The van der Waals surface area contributed by atoms with Crippen LogP contribution in [0.4, 0.5) is 4.79 Å². The van der Waals surface area contributed by atoms with Crippen molar-refractivity contribution in [3.8, 4) is 5.75 Å². The smallest absolute Gasteiger partial charge is 0.327 e. The van der Waals surface area contributed by atoms with Crippen LogP contribution in [0.1, 0.15) is 25.3 Å². The first-order chi connectivity index (χ1) is 11.1. The van der Waals surface area contributed by atoms with Crippen LogP contribution in [0, 0.1) is 0 Å². The average molecular weight is 317 g/mol. The van der Waals surface area contributed by atoms with Crippen molar-refractivity contribution in [2.75, 3.05) is 26.7 Å². The van der Waals surface area contributed by atoms with Gasteiger partial charge < -0.3 is 15.0 Å². The van der Waals surface area contributed by atoms with E-state index in [1.807, 2.05) is 31.2 Å². The van der Waals surface area contributed by atoms with Crippen molar-refractivity contribution in [1.29, 1.82) is 0 Å². The molecule has 6 heteroatoms. The predicted molar refractivity (Wildman–Crippen MR) is 86.2 cm³/mol. The molecule has 2 fully saturated rings. The van der Waals surface area contributed by atoms with Crippen LogP contribution in [0.15, 0.2) is 24.3 Å². The second-order valence-electron chi connectivity index (χ2n) is 6.05. The maximum absolute atomic E-state index is 13.0. The molecule has 3 rings (SSSR count). The number of carbonyl (C=O) groups excluding carboxylic acids is 2. The number of imide groups is 1. The lowest BCUT2D eigenvalue weighted by Gasteiger charge is -2.37. The van der Waals surface area contributed by atoms with E-state index >= 15 is 0 Å². The first-order valence-electron chi connectivity index (χ1n) is 8.09. The van der Waals surface area contributed by atoms with Gasteiger partial charge in [-0.2, -0.15) is 0 Å². The third-order valence-corrected chi connectivity index (χ3v) is 4.84. The van der Waals surface area contributed by atoms with Gasteiger partial charge in [-0.3, -0.25) is 9.69 Å². The SMILES string of the molecule is CCN1C(=O)N(Cc2cccc(OC)c2)C(=O)C12CCNCC2. The Labute approximate surface area is 136 Å². The lowest BCUT2D eigenvalue weighted by Crippen LogP contribution is -2.55. The molecule has 2 heterocycles. The van der Waals surface area contributed by atoms with E-state index in [9.17, 15) is 9.59 Å². The topological polar surface area (TPSA) is 61.9 Å². The van der Waals surface area contributed by atoms with Gasteiger partial charge >= 0.3 is 6.03 Å². The third kappa shape index (κ3) is 2.57. The highest BCUT2D eigenvalue weighted by molar-refractivity contribution is 6.07. The van der Waals surface area contributed by atoms with Gasteiger partial charge in [0.15, 0.2) is 0 Å². The molecule has 1 N–H and O–H groups in total. The van der Waals surface area contributed by atoms with Gasteiger partial charge in [0, 0.05) is 6.54 Å². The van der Waals surface area contributed by atoms with E-state index in [1.54, 1.807) is 12.0 Å². The summed E-state index contributed by atoms with van der Waals surface area (Å²) in [5.74, 6) is 0.666. The molecule has 6 nitrogen and oxygen atoms in total. The molecule has 124 valence electrons. The normalized spacial score (nSPS) is 20.4. The van der Waals surface area contributed by atoms with E-state index < -0.39 is 5.54 Å². The van der Waals surface area contributed by atoms with Crippen molar-refractivity contribution < 1.29 is 14.3 Å². The molecule has 2 aliphatic rings. The van der Waals surface area contributed by atoms with Gasteiger partial charge in [-0.1, -0.05) is 12.1 Å². The molecule has 0 saturated carbocycles. The number of hydrogen-bond donors (Lipinski definition) is 1. The molecule has 1 aromatic carbocycles. The number of rotatable bonds is 4. The van der Waals surface area contributed by atoms with E-state index in [2.05, 4.69) is 5.32 Å². The zero-order valence-electron chi connectivity index (χ0n) is 13.7. The van der Waals surface area contributed by atoms with Gasteiger partial charge in [0.05, 0.1) is 13.7 Å². The summed E-state index contributed by atoms with van der Waals surface area (Å²) in [6.07, 6.45) is 1.36. The maximum Gasteiger partial charge on any atom is 0.327 e.